The fourth-order valence-corrected chi connectivity index (χ4v) is 2.81. The van der Waals surface area contributed by atoms with Crippen molar-refractivity contribution in [1.29, 1.82) is 0 Å². The minimum Gasteiger partial charge on any atom is -0.493 e. The Labute approximate surface area is 154 Å². The largest absolute Gasteiger partial charge is 0.493 e. The number of aryl methyl sites for hydroxylation is 1. The van der Waals surface area contributed by atoms with Crippen LogP contribution in [0.4, 0.5) is 0 Å². The standard InChI is InChI=1S/C20H26N4O2/c1-3-17-6-5-12-22-20(17)11-13-26-18-9-7-16(8-10-18)14-19(25-4-2)15-23-24-21/h5-10,12,19H,3-4,11,13-15H2,1-2H3/t19-/m0/s1. The quantitative estimate of drug-likeness (QED) is 0.338. The molecule has 6 heteroatoms. The van der Waals surface area contributed by atoms with Crippen LogP contribution in [-0.4, -0.2) is 30.8 Å². The van der Waals surface area contributed by atoms with E-state index >= 15 is 0 Å². The molecule has 0 bridgehead atoms. The molecule has 138 valence electrons. The fraction of sp³-hybridized carbons (Fsp3) is 0.450. The third kappa shape index (κ3) is 6.39. The Hall–Kier alpha value is -2.56. The van der Waals surface area contributed by atoms with Crippen LogP contribution < -0.4 is 4.74 Å². The van der Waals surface area contributed by atoms with E-state index in [1.54, 1.807) is 0 Å². The van der Waals surface area contributed by atoms with Crippen molar-refractivity contribution in [2.45, 2.75) is 39.2 Å². The molecule has 0 aliphatic carbocycles. The van der Waals surface area contributed by atoms with Crippen molar-refractivity contribution in [2.75, 3.05) is 19.8 Å². The van der Waals surface area contributed by atoms with Crippen LogP contribution >= 0.6 is 0 Å². The van der Waals surface area contributed by atoms with Gasteiger partial charge in [-0.3, -0.25) is 4.98 Å². The lowest BCUT2D eigenvalue weighted by Crippen LogP contribution is -2.19. The summed E-state index contributed by atoms with van der Waals surface area (Å²) in [5.74, 6) is 0.839. The fourth-order valence-electron chi connectivity index (χ4n) is 2.81. The van der Waals surface area contributed by atoms with Gasteiger partial charge < -0.3 is 9.47 Å². The van der Waals surface area contributed by atoms with Crippen molar-refractivity contribution in [3.05, 3.63) is 69.9 Å². The van der Waals surface area contributed by atoms with Crippen LogP contribution in [0.1, 0.15) is 30.7 Å². The molecule has 0 aliphatic rings. The molecule has 1 aromatic carbocycles. The zero-order valence-corrected chi connectivity index (χ0v) is 15.5. The summed E-state index contributed by atoms with van der Waals surface area (Å²) in [6.45, 7) is 5.61. The minimum absolute atomic E-state index is 0.0979. The van der Waals surface area contributed by atoms with Gasteiger partial charge in [0.05, 0.1) is 19.3 Å². The number of rotatable bonds is 11. The van der Waals surface area contributed by atoms with Crippen molar-refractivity contribution in [3.8, 4) is 5.75 Å². The molecule has 0 aliphatic heterocycles. The van der Waals surface area contributed by atoms with Crippen LogP contribution in [0.2, 0.25) is 0 Å². The highest BCUT2D eigenvalue weighted by Crippen LogP contribution is 2.15. The maximum Gasteiger partial charge on any atom is 0.119 e. The summed E-state index contributed by atoms with van der Waals surface area (Å²) in [5.41, 5.74) is 12.0. The van der Waals surface area contributed by atoms with E-state index in [1.165, 1.54) is 5.56 Å². The summed E-state index contributed by atoms with van der Waals surface area (Å²) in [5, 5.41) is 3.61. The van der Waals surface area contributed by atoms with Crippen LogP contribution in [0.5, 0.6) is 5.75 Å². The van der Waals surface area contributed by atoms with Gasteiger partial charge in [-0.1, -0.05) is 30.2 Å². The highest BCUT2D eigenvalue weighted by molar-refractivity contribution is 5.28. The van der Waals surface area contributed by atoms with E-state index in [0.717, 1.165) is 29.8 Å². The average Bonchev–Trinajstić information content (AvgIpc) is 2.68. The number of ether oxygens (including phenoxy) is 2. The van der Waals surface area contributed by atoms with Gasteiger partial charge in [-0.2, -0.15) is 0 Å². The molecular formula is C20H26N4O2. The first-order chi connectivity index (χ1) is 12.8. The third-order valence-corrected chi connectivity index (χ3v) is 4.11. The predicted octanol–water partition coefficient (Wildman–Crippen LogP) is 4.52. The first-order valence-corrected chi connectivity index (χ1v) is 9.03. The normalized spacial score (nSPS) is 11.6. The van der Waals surface area contributed by atoms with Crippen molar-refractivity contribution in [2.24, 2.45) is 5.11 Å². The number of azide groups is 1. The molecule has 6 nitrogen and oxygen atoms in total. The Balaban J connectivity index is 1.85. The van der Waals surface area contributed by atoms with E-state index in [0.29, 0.717) is 26.2 Å². The number of benzene rings is 1. The van der Waals surface area contributed by atoms with Crippen LogP contribution in [0.25, 0.3) is 10.4 Å². The van der Waals surface area contributed by atoms with Crippen molar-refractivity contribution in [1.82, 2.24) is 4.98 Å². The first kappa shape index (κ1) is 19.8. The minimum atomic E-state index is -0.0979. The van der Waals surface area contributed by atoms with Crippen molar-refractivity contribution < 1.29 is 9.47 Å². The summed E-state index contributed by atoms with van der Waals surface area (Å²) < 4.78 is 11.5. The highest BCUT2D eigenvalue weighted by atomic mass is 16.5. The van der Waals surface area contributed by atoms with E-state index in [9.17, 15) is 0 Å². The summed E-state index contributed by atoms with van der Waals surface area (Å²) >= 11 is 0. The predicted molar refractivity (Wildman–Crippen MR) is 102 cm³/mol. The van der Waals surface area contributed by atoms with Crippen LogP contribution in [-0.2, 0) is 24.0 Å². The van der Waals surface area contributed by atoms with E-state index in [1.807, 2.05) is 43.5 Å². The Morgan fingerprint density at radius 3 is 2.69 bits per heavy atom. The van der Waals surface area contributed by atoms with Crippen LogP contribution in [0.3, 0.4) is 0 Å². The first-order valence-electron chi connectivity index (χ1n) is 9.03. The lowest BCUT2D eigenvalue weighted by molar-refractivity contribution is 0.0695. The molecule has 2 aromatic rings. The van der Waals surface area contributed by atoms with Gasteiger partial charge in [0.15, 0.2) is 0 Å². The molecule has 1 heterocycles. The topological polar surface area (TPSA) is 80.1 Å². The Morgan fingerprint density at radius 1 is 1.19 bits per heavy atom. The molecule has 0 N–H and O–H groups in total. The van der Waals surface area contributed by atoms with Gasteiger partial charge in [0.2, 0.25) is 0 Å². The van der Waals surface area contributed by atoms with Gasteiger partial charge in [0.25, 0.3) is 0 Å². The Kier molecular flexibility index (Phi) is 8.46. The average molecular weight is 354 g/mol. The molecule has 0 unspecified atom stereocenters. The van der Waals surface area contributed by atoms with Crippen LogP contribution in [0.15, 0.2) is 47.7 Å². The smallest absolute Gasteiger partial charge is 0.119 e. The molecule has 1 aromatic heterocycles. The second-order valence-corrected chi connectivity index (χ2v) is 5.90. The molecule has 2 rings (SSSR count). The molecule has 0 radical (unpaired) electrons. The summed E-state index contributed by atoms with van der Waals surface area (Å²) in [6, 6.07) is 12.1. The number of nitrogens with zero attached hydrogens (tertiary/aromatic N) is 4. The monoisotopic (exact) mass is 354 g/mol. The maximum absolute atomic E-state index is 8.47. The molecule has 26 heavy (non-hydrogen) atoms. The van der Waals surface area contributed by atoms with Gasteiger partial charge in [-0.15, -0.1) is 0 Å². The SMILES string of the molecule is CCO[C@H](CN=[N+]=[N-])Cc1ccc(OCCc2ncccc2CC)cc1. The second-order valence-electron chi connectivity index (χ2n) is 5.90. The van der Waals surface area contributed by atoms with Gasteiger partial charge >= 0.3 is 0 Å². The molecule has 0 spiro atoms. The van der Waals surface area contributed by atoms with Crippen LogP contribution in [0, 0.1) is 0 Å². The van der Waals surface area contributed by atoms with Gasteiger partial charge in [-0.05, 0) is 54.6 Å². The Bertz CT molecular complexity index is 712. The van der Waals surface area contributed by atoms with E-state index in [2.05, 4.69) is 28.0 Å². The van der Waals surface area contributed by atoms with E-state index in [4.69, 9.17) is 15.0 Å². The molecule has 0 amide bonds. The summed E-state index contributed by atoms with van der Waals surface area (Å²) in [7, 11) is 0. The maximum atomic E-state index is 8.47. The number of hydrogen-bond acceptors (Lipinski definition) is 4. The van der Waals surface area contributed by atoms with E-state index in [-0.39, 0.29) is 6.10 Å². The molecule has 0 fully saturated rings. The lowest BCUT2D eigenvalue weighted by Gasteiger charge is -2.15. The summed E-state index contributed by atoms with van der Waals surface area (Å²) in [4.78, 5) is 7.25. The van der Waals surface area contributed by atoms with Crippen molar-refractivity contribution in [3.63, 3.8) is 0 Å². The molecule has 1 atom stereocenters. The van der Waals surface area contributed by atoms with E-state index < -0.39 is 0 Å². The number of aromatic nitrogens is 1. The van der Waals surface area contributed by atoms with Crippen molar-refractivity contribution >= 4 is 0 Å². The lowest BCUT2D eigenvalue weighted by atomic mass is 10.1. The van der Waals surface area contributed by atoms with Gasteiger partial charge in [0, 0.05) is 29.8 Å². The number of hydrogen-bond donors (Lipinski definition) is 0. The molecular weight excluding hydrogens is 328 g/mol. The highest BCUT2D eigenvalue weighted by Gasteiger charge is 2.09. The second kappa shape index (κ2) is 11.1. The molecule has 0 saturated carbocycles. The third-order valence-electron chi connectivity index (χ3n) is 4.11. The zero-order valence-electron chi connectivity index (χ0n) is 15.5. The Morgan fingerprint density at radius 2 is 2.00 bits per heavy atom. The zero-order chi connectivity index (χ0) is 18.6. The molecule has 0 saturated heterocycles. The van der Waals surface area contributed by atoms with Gasteiger partial charge in [0.1, 0.15) is 5.75 Å². The van der Waals surface area contributed by atoms with Gasteiger partial charge in [-0.25, -0.2) is 0 Å². The number of pyridine rings is 1. The summed E-state index contributed by atoms with van der Waals surface area (Å²) in [6.07, 6.45) is 4.22.